The van der Waals surface area contributed by atoms with E-state index in [1.54, 1.807) is 24.3 Å². The van der Waals surface area contributed by atoms with Crippen LogP contribution in [0.2, 0.25) is 10.0 Å². The van der Waals surface area contributed by atoms with E-state index in [9.17, 15) is 19.2 Å². The van der Waals surface area contributed by atoms with Crippen molar-refractivity contribution < 1.29 is 23.9 Å². The minimum atomic E-state index is -1.17. The van der Waals surface area contributed by atoms with Gasteiger partial charge in [0.15, 0.2) is 5.78 Å². The van der Waals surface area contributed by atoms with Crippen molar-refractivity contribution in [3.05, 3.63) is 75.8 Å². The number of ketones is 1. The maximum Gasteiger partial charge on any atom is 0.273 e. The van der Waals surface area contributed by atoms with Crippen LogP contribution in [0.1, 0.15) is 41.0 Å². The molecule has 0 unspecified atom stereocenters. The van der Waals surface area contributed by atoms with Gasteiger partial charge in [-0.2, -0.15) is 5.01 Å². The van der Waals surface area contributed by atoms with Crippen LogP contribution in [0, 0.1) is 17.8 Å². The molecule has 2 aromatic rings. The molecule has 1 saturated heterocycles. The number of carbonyl (C=O) groups excluding carboxylic acids is 4. The van der Waals surface area contributed by atoms with Crippen molar-refractivity contribution in [2.24, 2.45) is 17.8 Å². The molecule has 0 saturated carbocycles. The molecule has 0 aromatic heterocycles. The van der Waals surface area contributed by atoms with Crippen molar-refractivity contribution in [3.63, 3.8) is 0 Å². The first kappa shape index (κ1) is 24.9. The number of allylic oxidation sites excluding steroid dienone is 2. The number of hydrogen-bond acceptors (Lipinski definition) is 5. The highest BCUT2D eigenvalue weighted by Gasteiger charge is 2.54. The first-order valence-corrected chi connectivity index (χ1v) is 11.9. The SMILES string of the molecule is COc1ccc(C(=O)[C@H](C)N(C(=O)c2ccc(Cl)c(Cl)c2)N2C(=O)[C@@H]3[C@@H](C)C=CC[C@H]3C2=O)cc1. The summed E-state index contributed by atoms with van der Waals surface area (Å²) in [6.45, 7) is 3.35. The number of fused-ring (bicyclic) bond motifs is 1. The molecule has 1 fully saturated rings. The van der Waals surface area contributed by atoms with Crippen molar-refractivity contribution >= 4 is 46.7 Å². The Morgan fingerprint density at radius 1 is 1.03 bits per heavy atom. The molecule has 1 aliphatic carbocycles. The molecule has 2 aliphatic rings. The molecule has 9 heteroatoms. The Balaban J connectivity index is 1.76. The minimum Gasteiger partial charge on any atom is -0.497 e. The molecule has 0 spiro atoms. The van der Waals surface area contributed by atoms with Gasteiger partial charge in [-0.15, -0.1) is 0 Å². The lowest BCUT2D eigenvalue weighted by molar-refractivity contribution is -0.156. The van der Waals surface area contributed by atoms with Crippen molar-refractivity contribution in [1.82, 2.24) is 10.0 Å². The number of ether oxygens (including phenoxy) is 1. The van der Waals surface area contributed by atoms with Crippen LogP contribution in [0.3, 0.4) is 0 Å². The van der Waals surface area contributed by atoms with Gasteiger partial charge in [-0.05, 0) is 61.7 Å². The van der Waals surface area contributed by atoms with E-state index in [2.05, 4.69) is 0 Å². The van der Waals surface area contributed by atoms with E-state index in [1.807, 2.05) is 19.1 Å². The number of Topliss-reactive ketones (excluding diaryl/α,β-unsaturated/α-hetero) is 1. The van der Waals surface area contributed by atoms with Crippen LogP contribution in [0.4, 0.5) is 0 Å². The van der Waals surface area contributed by atoms with E-state index in [0.717, 1.165) is 10.0 Å². The smallest absolute Gasteiger partial charge is 0.273 e. The number of rotatable bonds is 6. The Labute approximate surface area is 213 Å². The number of nitrogens with zero attached hydrogens (tertiary/aromatic N) is 2. The third kappa shape index (κ3) is 4.46. The van der Waals surface area contributed by atoms with Crippen LogP contribution >= 0.6 is 23.2 Å². The van der Waals surface area contributed by atoms with Gasteiger partial charge in [-0.3, -0.25) is 19.2 Å². The van der Waals surface area contributed by atoms with Crippen LogP contribution in [0.15, 0.2) is 54.6 Å². The highest BCUT2D eigenvalue weighted by atomic mass is 35.5. The van der Waals surface area contributed by atoms with Gasteiger partial charge in [0.25, 0.3) is 17.7 Å². The first-order chi connectivity index (χ1) is 16.6. The van der Waals surface area contributed by atoms with Gasteiger partial charge >= 0.3 is 0 Å². The average Bonchev–Trinajstić information content (AvgIpc) is 3.11. The van der Waals surface area contributed by atoms with Crippen molar-refractivity contribution in [2.45, 2.75) is 26.3 Å². The summed E-state index contributed by atoms with van der Waals surface area (Å²) < 4.78 is 5.14. The molecule has 35 heavy (non-hydrogen) atoms. The van der Waals surface area contributed by atoms with E-state index in [1.165, 1.54) is 32.2 Å². The summed E-state index contributed by atoms with van der Waals surface area (Å²) in [5.74, 6) is -2.95. The molecule has 2 aromatic carbocycles. The summed E-state index contributed by atoms with van der Waals surface area (Å²) >= 11 is 12.1. The molecule has 4 rings (SSSR count). The van der Waals surface area contributed by atoms with Crippen LogP contribution < -0.4 is 4.74 Å². The summed E-state index contributed by atoms with van der Waals surface area (Å²) in [5.41, 5.74) is 0.396. The molecular weight excluding hydrogens is 491 g/mol. The lowest BCUT2D eigenvalue weighted by Crippen LogP contribution is -2.56. The van der Waals surface area contributed by atoms with Crippen molar-refractivity contribution in [1.29, 1.82) is 0 Å². The lowest BCUT2D eigenvalue weighted by Gasteiger charge is -2.35. The number of benzene rings is 2. The van der Waals surface area contributed by atoms with Crippen molar-refractivity contribution in [2.75, 3.05) is 7.11 Å². The quantitative estimate of drug-likeness (QED) is 0.313. The monoisotopic (exact) mass is 514 g/mol. The molecule has 7 nitrogen and oxygen atoms in total. The average molecular weight is 515 g/mol. The minimum absolute atomic E-state index is 0.0930. The van der Waals surface area contributed by atoms with E-state index < -0.39 is 41.4 Å². The number of hydrogen-bond donors (Lipinski definition) is 0. The Morgan fingerprint density at radius 3 is 2.29 bits per heavy atom. The molecule has 0 N–H and O–H groups in total. The second kappa shape index (κ2) is 9.84. The largest absolute Gasteiger partial charge is 0.497 e. The fraction of sp³-hybridized carbons (Fsp3) is 0.308. The van der Waals surface area contributed by atoms with Gasteiger partial charge in [0.05, 0.1) is 29.0 Å². The van der Waals surface area contributed by atoms with Crippen LogP contribution in [-0.4, -0.2) is 46.7 Å². The van der Waals surface area contributed by atoms with Gasteiger partial charge in [0.2, 0.25) is 0 Å². The normalized spacial score (nSPS) is 22.1. The topological polar surface area (TPSA) is 84.0 Å². The Morgan fingerprint density at radius 2 is 1.69 bits per heavy atom. The standard InChI is InChI=1S/C26H24Cl2N2O5/c1-14-5-4-6-19-22(14)26(34)30(25(19)33)29(24(32)17-9-12-20(27)21(28)13-17)15(2)23(31)16-7-10-18(35-3)11-8-16/h4-5,7-15,19,22H,6H2,1-3H3/t14-,15-,19+,22+/m0/s1. The number of hydrazine groups is 1. The maximum atomic E-state index is 13.7. The summed E-state index contributed by atoms with van der Waals surface area (Å²) in [6, 6.07) is 9.46. The fourth-order valence-electron chi connectivity index (χ4n) is 4.65. The van der Waals surface area contributed by atoms with E-state index in [0.29, 0.717) is 17.7 Å². The van der Waals surface area contributed by atoms with E-state index >= 15 is 0 Å². The molecule has 0 radical (unpaired) electrons. The first-order valence-electron chi connectivity index (χ1n) is 11.2. The number of carbonyl (C=O) groups is 4. The predicted octanol–water partition coefficient (Wildman–Crippen LogP) is 4.83. The third-order valence-electron chi connectivity index (χ3n) is 6.56. The zero-order valence-electron chi connectivity index (χ0n) is 19.4. The van der Waals surface area contributed by atoms with Crippen LogP contribution in [0.5, 0.6) is 5.75 Å². The number of halogens is 2. The summed E-state index contributed by atoms with van der Waals surface area (Å²) in [6.07, 6.45) is 4.16. The summed E-state index contributed by atoms with van der Waals surface area (Å²) in [4.78, 5) is 54.1. The van der Waals surface area contributed by atoms with Gasteiger partial charge < -0.3 is 4.74 Å². The molecule has 182 valence electrons. The zero-order chi connectivity index (χ0) is 25.4. The number of methoxy groups -OCH3 is 1. The van der Waals surface area contributed by atoms with Gasteiger partial charge in [0, 0.05) is 11.1 Å². The molecule has 4 atom stereocenters. The lowest BCUT2D eigenvalue weighted by atomic mass is 9.78. The van der Waals surface area contributed by atoms with Crippen molar-refractivity contribution in [3.8, 4) is 5.75 Å². The fourth-order valence-corrected chi connectivity index (χ4v) is 4.95. The highest BCUT2D eigenvalue weighted by Crippen LogP contribution is 2.40. The van der Waals surface area contributed by atoms with Crippen LogP contribution in [-0.2, 0) is 9.59 Å². The number of amides is 3. The summed E-state index contributed by atoms with van der Waals surface area (Å²) in [7, 11) is 1.51. The Hall–Kier alpha value is -3.16. The number of imide groups is 1. The summed E-state index contributed by atoms with van der Waals surface area (Å²) in [5, 5.41) is 2.20. The molecular formula is C26H24Cl2N2O5. The van der Waals surface area contributed by atoms with E-state index in [-0.39, 0.29) is 21.5 Å². The molecule has 0 bridgehead atoms. The Kier molecular flexibility index (Phi) is 7.01. The van der Waals surface area contributed by atoms with Gasteiger partial charge in [-0.25, -0.2) is 5.01 Å². The third-order valence-corrected chi connectivity index (χ3v) is 7.30. The second-order valence-electron chi connectivity index (χ2n) is 8.69. The second-order valence-corrected chi connectivity index (χ2v) is 9.51. The molecule has 3 amide bonds. The predicted molar refractivity (Wildman–Crippen MR) is 131 cm³/mol. The Bertz CT molecular complexity index is 1230. The molecule has 1 aliphatic heterocycles. The van der Waals surface area contributed by atoms with E-state index in [4.69, 9.17) is 27.9 Å². The highest BCUT2D eigenvalue weighted by molar-refractivity contribution is 6.42. The molecule has 1 heterocycles. The van der Waals surface area contributed by atoms with Gasteiger partial charge in [-0.1, -0.05) is 42.3 Å². The zero-order valence-corrected chi connectivity index (χ0v) is 20.9. The van der Waals surface area contributed by atoms with Gasteiger partial charge in [0.1, 0.15) is 11.8 Å². The van der Waals surface area contributed by atoms with Crippen LogP contribution in [0.25, 0.3) is 0 Å². The maximum absolute atomic E-state index is 13.7.